The molecule has 0 bridgehead atoms. The molecule has 0 aliphatic rings. The summed E-state index contributed by atoms with van der Waals surface area (Å²) in [6.45, 7) is 2.57. The first-order valence-electron chi connectivity index (χ1n) is 6.80. The highest BCUT2D eigenvalue weighted by molar-refractivity contribution is 5.78. The molecule has 0 aliphatic heterocycles. The van der Waals surface area contributed by atoms with E-state index in [0.717, 1.165) is 12.0 Å². The molecule has 0 heterocycles. The second-order valence-corrected chi connectivity index (χ2v) is 5.09. The Morgan fingerprint density at radius 1 is 1.25 bits per heavy atom. The van der Waals surface area contributed by atoms with E-state index in [1.165, 1.54) is 0 Å². The summed E-state index contributed by atoms with van der Waals surface area (Å²) in [4.78, 5) is 22.1. The van der Waals surface area contributed by atoms with E-state index in [1.807, 2.05) is 19.1 Å². The van der Waals surface area contributed by atoms with Crippen LogP contribution in [-0.4, -0.2) is 23.5 Å². The third-order valence-corrected chi connectivity index (χ3v) is 3.15. The summed E-state index contributed by atoms with van der Waals surface area (Å²) < 4.78 is 0. The number of benzene rings is 1. The molecule has 0 radical (unpaired) electrons. The maximum Gasteiger partial charge on any atom is 0.303 e. The minimum Gasteiger partial charge on any atom is -0.481 e. The molecule has 0 aromatic heterocycles. The minimum atomic E-state index is -0.774. The number of rotatable bonds is 8. The number of carbonyl (C=O) groups is 2. The number of carboxylic acids is 1. The van der Waals surface area contributed by atoms with Crippen LogP contribution in [0.2, 0.25) is 0 Å². The van der Waals surface area contributed by atoms with Gasteiger partial charge in [0.2, 0.25) is 5.91 Å². The Kier molecular flexibility index (Phi) is 6.56. The van der Waals surface area contributed by atoms with Gasteiger partial charge < -0.3 is 16.2 Å². The SMILES string of the molecule is CC(CCNC(=O)Cc1ccc(N)cc1)CCC(=O)O. The van der Waals surface area contributed by atoms with Crippen molar-refractivity contribution in [3.05, 3.63) is 29.8 Å². The highest BCUT2D eigenvalue weighted by atomic mass is 16.4. The lowest BCUT2D eigenvalue weighted by Gasteiger charge is -2.10. The third-order valence-electron chi connectivity index (χ3n) is 3.15. The van der Waals surface area contributed by atoms with Gasteiger partial charge in [-0.25, -0.2) is 0 Å². The summed E-state index contributed by atoms with van der Waals surface area (Å²) >= 11 is 0. The van der Waals surface area contributed by atoms with Crippen molar-refractivity contribution in [2.45, 2.75) is 32.6 Å². The van der Waals surface area contributed by atoms with Gasteiger partial charge in [0.05, 0.1) is 6.42 Å². The number of amides is 1. The first-order chi connectivity index (χ1) is 9.47. The van der Waals surface area contributed by atoms with Gasteiger partial charge in [0.25, 0.3) is 0 Å². The summed E-state index contributed by atoms with van der Waals surface area (Å²) in [6.07, 6.45) is 1.95. The van der Waals surface area contributed by atoms with Gasteiger partial charge in [0.1, 0.15) is 0 Å². The first kappa shape index (κ1) is 16.0. The third kappa shape index (κ3) is 6.78. The predicted octanol–water partition coefficient (Wildman–Crippen LogP) is 1.82. The highest BCUT2D eigenvalue weighted by Crippen LogP contribution is 2.09. The molecule has 4 N–H and O–H groups in total. The van der Waals surface area contributed by atoms with Gasteiger partial charge in [-0.2, -0.15) is 0 Å². The summed E-state index contributed by atoms with van der Waals surface area (Å²) in [5, 5.41) is 11.4. The van der Waals surface area contributed by atoms with E-state index in [2.05, 4.69) is 5.32 Å². The summed E-state index contributed by atoms with van der Waals surface area (Å²) in [5.41, 5.74) is 7.19. The number of nitrogens with two attached hydrogens (primary N) is 1. The Labute approximate surface area is 119 Å². The van der Waals surface area contributed by atoms with Crippen LogP contribution in [0.25, 0.3) is 0 Å². The van der Waals surface area contributed by atoms with Gasteiger partial charge in [-0.05, 0) is 36.5 Å². The standard InChI is InChI=1S/C15H22N2O3/c1-11(2-7-15(19)20)8-9-17-14(18)10-12-3-5-13(16)6-4-12/h3-6,11H,2,7-10,16H2,1H3,(H,17,18)(H,19,20). The van der Waals surface area contributed by atoms with Crippen LogP contribution in [0.1, 0.15) is 31.7 Å². The molecule has 0 saturated carbocycles. The van der Waals surface area contributed by atoms with Crippen LogP contribution in [0.4, 0.5) is 5.69 Å². The molecule has 1 atom stereocenters. The molecule has 110 valence electrons. The van der Waals surface area contributed by atoms with Crippen LogP contribution in [0.3, 0.4) is 0 Å². The second-order valence-electron chi connectivity index (χ2n) is 5.09. The number of carbonyl (C=O) groups excluding carboxylic acids is 1. The molecule has 5 nitrogen and oxygen atoms in total. The normalized spacial score (nSPS) is 11.8. The van der Waals surface area contributed by atoms with E-state index in [0.29, 0.717) is 31.0 Å². The lowest BCUT2D eigenvalue weighted by Crippen LogP contribution is -2.27. The van der Waals surface area contributed by atoms with Crippen LogP contribution in [-0.2, 0) is 16.0 Å². The van der Waals surface area contributed by atoms with Crippen molar-refractivity contribution in [2.75, 3.05) is 12.3 Å². The lowest BCUT2D eigenvalue weighted by molar-refractivity contribution is -0.137. The van der Waals surface area contributed by atoms with Crippen molar-refractivity contribution in [1.82, 2.24) is 5.32 Å². The number of hydrogen-bond acceptors (Lipinski definition) is 3. The zero-order valence-corrected chi connectivity index (χ0v) is 11.8. The molecule has 0 spiro atoms. The number of nitrogen functional groups attached to an aromatic ring is 1. The van der Waals surface area contributed by atoms with Crippen LogP contribution < -0.4 is 11.1 Å². The van der Waals surface area contributed by atoms with Gasteiger partial charge >= 0.3 is 5.97 Å². The smallest absolute Gasteiger partial charge is 0.303 e. The molecule has 1 aromatic rings. The Morgan fingerprint density at radius 2 is 1.90 bits per heavy atom. The number of nitrogens with one attached hydrogen (secondary N) is 1. The molecular formula is C15H22N2O3. The van der Waals surface area contributed by atoms with Gasteiger partial charge in [0.15, 0.2) is 0 Å². The molecule has 1 amide bonds. The van der Waals surface area contributed by atoms with Crippen LogP contribution in [0, 0.1) is 5.92 Å². The van der Waals surface area contributed by atoms with Crippen molar-refractivity contribution >= 4 is 17.6 Å². The Bertz CT molecular complexity index is 443. The van der Waals surface area contributed by atoms with Crippen molar-refractivity contribution in [3.8, 4) is 0 Å². The van der Waals surface area contributed by atoms with Gasteiger partial charge in [-0.15, -0.1) is 0 Å². The predicted molar refractivity (Wildman–Crippen MR) is 78.2 cm³/mol. The fraction of sp³-hybridized carbons (Fsp3) is 0.467. The molecule has 0 saturated heterocycles. The first-order valence-corrected chi connectivity index (χ1v) is 6.80. The molecule has 1 unspecified atom stereocenters. The number of anilines is 1. The quantitative estimate of drug-likeness (QED) is 0.632. The largest absolute Gasteiger partial charge is 0.481 e. The zero-order valence-electron chi connectivity index (χ0n) is 11.8. The van der Waals surface area contributed by atoms with Crippen molar-refractivity contribution < 1.29 is 14.7 Å². The minimum absolute atomic E-state index is 0.0276. The van der Waals surface area contributed by atoms with E-state index < -0.39 is 5.97 Å². The maximum absolute atomic E-state index is 11.7. The molecule has 20 heavy (non-hydrogen) atoms. The van der Waals surface area contributed by atoms with Gasteiger partial charge in [-0.1, -0.05) is 19.1 Å². The second kappa shape index (κ2) is 8.19. The fourth-order valence-corrected chi connectivity index (χ4v) is 1.86. The average molecular weight is 278 g/mol. The van der Waals surface area contributed by atoms with Crippen LogP contribution in [0.15, 0.2) is 24.3 Å². The summed E-state index contributed by atoms with van der Waals surface area (Å²) in [7, 11) is 0. The van der Waals surface area contributed by atoms with Crippen molar-refractivity contribution in [3.63, 3.8) is 0 Å². The van der Waals surface area contributed by atoms with E-state index >= 15 is 0 Å². The van der Waals surface area contributed by atoms with Gasteiger partial charge in [0, 0.05) is 18.7 Å². The molecule has 1 rings (SSSR count). The molecule has 0 fully saturated rings. The molecule has 1 aromatic carbocycles. The fourth-order valence-electron chi connectivity index (χ4n) is 1.86. The number of hydrogen-bond donors (Lipinski definition) is 3. The van der Waals surface area contributed by atoms with E-state index in [-0.39, 0.29) is 12.3 Å². The summed E-state index contributed by atoms with van der Waals surface area (Å²) in [6, 6.07) is 7.22. The zero-order chi connectivity index (χ0) is 15.0. The van der Waals surface area contributed by atoms with E-state index in [9.17, 15) is 9.59 Å². The monoisotopic (exact) mass is 278 g/mol. The highest BCUT2D eigenvalue weighted by Gasteiger charge is 2.07. The van der Waals surface area contributed by atoms with Crippen LogP contribution >= 0.6 is 0 Å². The lowest BCUT2D eigenvalue weighted by atomic mass is 10.0. The van der Waals surface area contributed by atoms with E-state index in [4.69, 9.17) is 10.8 Å². The Morgan fingerprint density at radius 3 is 2.50 bits per heavy atom. The molecular weight excluding hydrogens is 256 g/mol. The maximum atomic E-state index is 11.7. The molecule has 0 aliphatic carbocycles. The van der Waals surface area contributed by atoms with Gasteiger partial charge in [-0.3, -0.25) is 9.59 Å². The Balaban J connectivity index is 2.20. The molecule has 5 heteroatoms. The number of carboxylic acid groups (broad SMARTS) is 1. The average Bonchev–Trinajstić information content (AvgIpc) is 2.39. The van der Waals surface area contributed by atoms with Crippen molar-refractivity contribution in [1.29, 1.82) is 0 Å². The Hall–Kier alpha value is -2.04. The summed E-state index contributed by atoms with van der Waals surface area (Å²) in [5.74, 6) is -0.507. The van der Waals surface area contributed by atoms with Crippen molar-refractivity contribution in [2.24, 2.45) is 5.92 Å². The topological polar surface area (TPSA) is 92.4 Å². The van der Waals surface area contributed by atoms with E-state index in [1.54, 1.807) is 12.1 Å². The number of aliphatic carboxylic acids is 1. The van der Waals surface area contributed by atoms with Crippen LogP contribution in [0.5, 0.6) is 0 Å².